The Labute approximate surface area is 107 Å². The van der Waals surface area contributed by atoms with Crippen LogP contribution >= 0.6 is 0 Å². The van der Waals surface area contributed by atoms with E-state index in [-0.39, 0.29) is 5.82 Å². The van der Waals surface area contributed by atoms with Crippen LogP contribution in [0.5, 0.6) is 0 Å². The molecule has 2 aromatic rings. The highest BCUT2D eigenvalue weighted by molar-refractivity contribution is 5.54. The van der Waals surface area contributed by atoms with Gasteiger partial charge in [0.25, 0.3) is 0 Å². The average Bonchev–Trinajstić information content (AvgIpc) is 2.41. The van der Waals surface area contributed by atoms with Gasteiger partial charge < -0.3 is 5.32 Å². The Bertz CT molecular complexity index is 563. The van der Waals surface area contributed by atoms with Crippen molar-refractivity contribution in [3.05, 3.63) is 65.0 Å². The lowest BCUT2D eigenvalue weighted by molar-refractivity contribution is 0.614. The molecule has 0 unspecified atom stereocenters. The van der Waals surface area contributed by atoms with Crippen LogP contribution in [0.3, 0.4) is 0 Å². The summed E-state index contributed by atoms with van der Waals surface area (Å²) in [4.78, 5) is 0. The van der Waals surface area contributed by atoms with Gasteiger partial charge in [-0.15, -0.1) is 0 Å². The SMILES string of the molecule is Fc1ccccc1Cc1ccc2c(c1)CCCN2. The Morgan fingerprint density at radius 1 is 1.11 bits per heavy atom. The number of rotatable bonds is 2. The molecule has 0 saturated heterocycles. The number of halogens is 1. The molecule has 0 saturated carbocycles. The van der Waals surface area contributed by atoms with Crippen molar-refractivity contribution in [2.24, 2.45) is 0 Å². The van der Waals surface area contributed by atoms with Crippen LogP contribution in [-0.2, 0) is 12.8 Å². The van der Waals surface area contributed by atoms with Crippen LogP contribution in [0, 0.1) is 5.82 Å². The van der Waals surface area contributed by atoms with E-state index in [0.717, 1.165) is 18.5 Å². The second-order valence-corrected chi connectivity index (χ2v) is 4.79. The van der Waals surface area contributed by atoms with Gasteiger partial charge in [-0.25, -0.2) is 4.39 Å². The maximum atomic E-state index is 13.6. The van der Waals surface area contributed by atoms with Crippen molar-refractivity contribution in [1.29, 1.82) is 0 Å². The lowest BCUT2D eigenvalue weighted by atomic mass is 9.97. The summed E-state index contributed by atoms with van der Waals surface area (Å²) < 4.78 is 13.6. The van der Waals surface area contributed by atoms with Crippen LogP contribution in [0.2, 0.25) is 0 Å². The van der Waals surface area contributed by atoms with E-state index in [9.17, 15) is 4.39 Å². The van der Waals surface area contributed by atoms with Crippen molar-refractivity contribution in [2.45, 2.75) is 19.3 Å². The number of hydrogen-bond donors (Lipinski definition) is 1. The van der Waals surface area contributed by atoms with Gasteiger partial charge in [0.2, 0.25) is 0 Å². The van der Waals surface area contributed by atoms with E-state index in [1.165, 1.54) is 29.3 Å². The molecule has 0 aliphatic carbocycles. The van der Waals surface area contributed by atoms with Gasteiger partial charge in [-0.3, -0.25) is 0 Å². The topological polar surface area (TPSA) is 12.0 Å². The zero-order valence-corrected chi connectivity index (χ0v) is 10.2. The van der Waals surface area contributed by atoms with Gasteiger partial charge >= 0.3 is 0 Å². The fourth-order valence-electron chi connectivity index (χ4n) is 2.50. The van der Waals surface area contributed by atoms with Crippen LogP contribution in [0.1, 0.15) is 23.1 Å². The predicted octanol–water partition coefficient (Wildman–Crippen LogP) is 3.77. The summed E-state index contributed by atoms with van der Waals surface area (Å²) in [5.41, 5.74) is 4.54. The smallest absolute Gasteiger partial charge is 0.126 e. The third kappa shape index (κ3) is 2.23. The minimum absolute atomic E-state index is 0.117. The maximum Gasteiger partial charge on any atom is 0.126 e. The largest absolute Gasteiger partial charge is 0.385 e. The quantitative estimate of drug-likeness (QED) is 0.843. The Morgan fingerprint density at radius 3 is 2.89 bits per heavy atom. The molecule has 18 heavy (non-hydrogen) atoms. The molecule has 0 fully saturated rings. The first-order chi connectivity index (χ1) is 8.83. The molecule has 1 aliphatic rings. The molecule has 3 rings (SSSR count). The standard InChI is InChI=1S/C16H16FN/c17-15-6-2-1-4-13(15)10-12-7-8-16-14(11-12)5-3-9-18-16/h1-2,4,6-8,11,18H,3,5,9-10H2. The Morgan fingerprint density at radius 2 is 2.00 bits per heavy atom. The Kier molecular flexibility index (Phi) is 3.01. The maximum absolute atomic E-state index is 13.6. The minimum atomic E-state index is -0.117. The first kappa shape index (κ1) is 11.3. The van der Waals surface area contributed by atoms with Crippen LogP contribution < -0.4 is 5.32 Å². The van der Waals surface area contributed by atoms with Gasteiger partial charge in [0.05, 0.1) is 0 Å². The minimum Gasteiger partial charge on any atom is -0.385 e. The second kappa shape index (κ2) is 4.81. The van der Waals surface area contributed by atoms with Crippen LogP contribution in [0.4, 0.5) is 10.1 Å². The number of nitrogens with one attached hydrogen (secondary N) is 1. The summed E-state index contributed by atoms with van der Waals surface area (Å²) in [5.74, 6) is -0.117. The van der Waals surface area contributed by atoms with Crippen molar-refractivity contribution in [3.63, 3.8) is 0 Å². The molecular weight excluding hydrogens is 225 g/mol. The summed E-state index contributed by atoms with van der Waals surface area (Å²) in [6.07, 6.45) is 2.96. The Balaban J connectivity index is 1.87. The molecule has 2 aromatic carbocycles. The molecule has 0 atom stereocenters. The van der Waals surface area contributed by atoms with E-state index in [0.29, 0.717) is 6.42 Å². The molecule has 0 spiro atoms. The zero-order chi connectivity index (χ0) is 12.4. The van der Waals surface area contributed by atoms with Crippen LogP contribution in [-0.4, -0.2) is 6.54 Å². The monoisotopic (exact) mass is 241 g/mol. The zero-order valence-electron chi connectivity index (χ0n) is 10.2. The highest BCUT2D eigenvalue weighted by Crippen LogP contribution is 2.24. The molecule has 1 heterocycles. The third-order valence-corrected chi connectivity index (χ3v) is 3.46. The fourth-order valence-corrected chi connectivity index (χ4v) is 2.50. The normalized spacial score (nSPS) is 13.8. The van der Waals surface area contributed by atoms with Crippen LogP contribution in [0.25, 0.3) is 0 Å². The van der Waals surface area contributed by atoms with E-state index >= 15 is 0 Å². The van der Waals surface area contributed by atoms with Gasteiger partial charge in [-0.1, -0.05) is 30.3 Å². The number of aryl methyl sites for hydroxylation is 1. The molecule has 0 radical (unpaired) electrons. The van der Waals surface area contributed by atoms with Gasteiger partial charge in [-0.05, 0) is 41.7 Å². The first-order valence-electron chi connectivity index (χ1n) is 6.42. The van der Waals surface area contributed by atoms with Crippen molar-refractivity contribution >= 4 is 5.69 Å². The van der Waals surface area contributed by atoms with Crippen molar-refractivity contribution in [3.8, 4) is 0 Å². The lowest BCUT2D eigenvalue weighted by Gasteiger charge is -2.18. The number of fused-ring (bicyclic) bond motifs is 1. The molecule has 1 aliphatic heterocycles. The lowest BCUT2D eigenvalue weighted by Crippen LogP contribution is -2.11. The summed E-state index contributed by atoms with van der Waals surface area (Å²) in [7, 11) is 0. The van der Waals surface area contributed by atoms with E-state index in [4.69, 9.17) is 0 Å². The molecule has 92 valence electrons. The molecule has 1 N–H and O–H groups in total. The van der Waals surface area contributed by atoms with Crippen molar-refractivity contribution in [2.75, 3.05) is 11.9 Å². The molecule has 2 heteroatoms. The summed E-state index contributed by atoms with van der Waals surface area (Å²) in [5, 5.41) is 3.39. The van der Waals surface area contributed by atoms with E-state index in [1.807, 2.05) is 12.1 Å². The predicted molar refractivity (Wildman–Crippen MR) is 72.5 cm³/mol. The van der Waals surface area contributed by atoms with Gasteiger partial charge in [-0.2, -0.15) is 0 Å². The molecule has 1 nitrogen and oxygen atoms in total. The summed E-state index contributed by atoms with van der Waals surface area (Å²) in [6.45, 7) is 1.06. The fraction of sp³-hybridized carbons (Fsp3) is 0.250. The summed E-state index contributed by atoms with van der Waals surface area (Å²) >= 11 is 0. The van der Waals surface area contributed by atoms with Gasteiger partial charge in [0.1, 0.15) is 5.82 Å². The van der Waals surface area contributed by atoms with Gasteiger partial charge in [0, 0.05) is 18.7 Å². The van der Waals surface area contributed by atoms with Crippen molar-refractivity contribution < 1.29 is 4.39 Å². The van der Waals surface area contributed by atoms with E-state index in [1.54, 1.807) is 6.07 Å². The highest BCUT2D eigenvalue weighted by atomic mass is 19.1. The molecular formula is C16H16FN. The number of anilines is 1. The molecule has 0 bridgehead atoms. The highest BCUT2D eigenvalue weighted by Gasteiger charge is 2.09. The van der Waals surface area contributed by atoms with E-state index < -0.39 is 0 Å². The van der Waals surface area contributed by atoms with Crippen LogP contribution in [0.15, 0.2) is 42.5 Å². The second-order valence-electron chi connectivity index (χ2n) is 4.79. The third-order valence-electron chi connectivity index (χ3n) is 3.46. The van der Waals surface area contributed by atoms with Crippen molar-refractivity contribution in [1.82, 2.24) is 0 Å². The average molecular weight is 241 g/mol. The number of benzene rings is 2. The summed E-state index contributed by atoms with van der Waals surface area (Å²) in [6, 6.07) is 13.4. The van der Waals surface area contributed by atoms with E-state index in [2.05, 4.69) is 23.5 Å². The Hall–Kier alpha value is -1.83. The van der Waals surface area contributed by atoms with Gasteiger partial charge in [0.15, 0.2) is 0 Å². The first-order valence-corrected chi connectivity index (χ1v) is 6.42. The molecule has 0 aromatic heterocycles. The number of hydrogen-bond acceptors (Lipinski definition) is 1. The molecule has 0 amide bonds.